The number of sulfonamides is 1. The molecule has 1 saturated carbocycles. The first-order valence-corrected chi connectivity index (χ1v) is 7.90. The van der Waals surface area contributed by atoms with E-state index in [1.807, 2.05) is 0 Å². The van der Waals surface area contributed by atoms with Crippen molar-refractivity contribution < 1.29 is 8.42 Å². The predicted octanol–water partition coefficient (Wildman–Crippen LogP) is 0.928. The molecule has 94 valence electrons. The minimum atomic E-state index is -3.38. The highest BCUT2D eigenvalue weighted by Gasteiger charge is 2.43. The normalized spacial score (nSPS) is 37.0. The van der Waals surface area contributed by atoms with E-state index in [1.54, 1.807) is 0 Å². The van der Waals surface area contributed by atoms with E-state index in [1.165, 1.54) is 19.3 Å². The molecule has 1 aliphatic carbocycles. The Hall–Kier alpha value is -0.130. The molecule has 0 aromatic carbocycles. The maximum atomic E-state index is 11.7. The molecule has 0 aromatic heterocycles. The molecule has 0 amide bonds. The number of hydrogen-bond donors (Lipinski definition) is 1. The number of primary sulfonamides is 1. The summed E-state index contributed by atoms with van der Waals surface area (Å²) in [7, 11) is -3.38. The SMILES string of the molecule is CCN1CCCC2CCCC(S(N)(=O)=O)C21. The highest BCUT2D eigenvalue weighted by molar-refractivity contribution is 7.89. The summed E-state index contributed by atoms with van der Waals surface area (Å²) in [6, 6.07) is 0.183. The van der Waals surface area contributed by atoms with Crippen LogP contribution in [0.4, 0.5) is 0 Å². The summed E-state index contributed by atoms with van der Waals surface area (Å²) in [6.07, 6.45) is 5.31. The van der Waals surface area contributed by atoms with Crippen LogP contribution in [0.2, 0.25) is 0 Å². The van der Waals surface area contributed by atoms with Gasteiger partial charge >= 0.3 is 0 Å². The average Bonchev–Trinajstić information content (AvgIpc) is 2.26. The van der Waals surface area contributed by atoms with Gasteiger partial charge in [-0.15, -0.1) is 0 Å². The van der Waals surface area contributed by atoms with Crippen molar-refractivity contribution in [2.24, 2.45) is 11.1 Å². The summed E-state index contributed by atoms with van der Waals surface area (Å²) < 4.78 is 23.3. The smallest absolute Gasteiger partial charge is 0.213 e. The second-order valence-electron chi connectivity index (χ2n) is 5.08. The van der Waals surface area contributed by atoms with Crippen LogP contribution in [-0.2, 0) is 10.0 Å². The van der Waals surface area contributed by atoms with E-state index < -0.39 is 10.0 Å². The van der Waals surface area contributed by atoms with Gasteiger partial charge in [0.05, 0.1) is 5.25 Å². The van der Waals surface area contributed by atoms with Gasteiger partial charge in [0.15, 0.2) is 0 Å². The van der Waals surface area contributed by atoms with Crippen molar-refractivity contribution in [1.82, 2.24) is 4.90 Å². The van der Waals surface area contributed by atoms with E-state index in [4.69, 9.17) is 5.14 Å². The van der Waals surface area contributed by atoms with Gasteiger partial charge in [-0.1, -0.05) is 13.3 Å². The Labute approximate surface area is 98.2 Å². The molecule has 2 rings (SSSR count). The molecule has 0 bridgehead atoms. The molecule has 2 N–H and O–H groups in total. The fourth-order valence-corrected chi connectivity index (χ4v) is 4.79. The third-order valence-corrected chi connectivity index (χ3v) is 5.56. The third kappa shape index (κ3) is 2.26. The first kappa shape index (κ1) is 12.3. The van der Waals surface area contributed by atoms with Crippen LogP contribution in [0.3, 0.4) is 0 Å². The largest absolute Gasteiger partial charge is 0.299 e. The van der Waals surface area contributed by atoms with Crippen LogP contribution in [0.5, 0.6) is 0 Å². The van der Waals surface area contributed by atoms with Gasteiger partial charge < -0.3 is 0 Å². The van der Waals surface area contributed by atoms with Gasteiger partial charge in [0.25, 0.3) is 0 Å². The zero-order chi connectivity index (χ0) is 11.8. The molecular formula is C11H22N2O2S. The number of nitrogens with zero attached hydrogens (tertiary/aromatic N) is 1. The van der Waals surface area contributed by atoms with Gasteiger partial charge in [-0.2, -0.15) is 0 Å². The van der Waals surface area contributed by atoms with E-state index in [-0.39, 0.29) is 11.3 Å². The lowest BCUT2D eigenvalue weighted by Crippen LogP contribution is -2.57. The first-order chi connectivity index (χ1) is 7.54. The Morgan fingerprint density at radius 2 is 1.94 bits per heavy atom. The Morgan fingerprint density at radius 3 is 2.56 bits per heavy atom. The Balaban J connectivity index is 2.25. The number of hydrogen-bond acceptors (Lipinski definition) is 3. The summed E-state index contributed by atoms with van der Waals surface area (Å²) >= 11 is 0. The minimum Gasteiger partial charge on any atom is -0.299 e. The van der Waals surface area contributed by atoms with Crippen molar-refractivity contribution >= 4 is 10.0 Å². The van der Waals surface area contributed by atoms with Crippen molar-refractivity contribution in [3.8, 4) is 0 Å². The van der Waals surface area contributed by atoms with Crippen molar-refractivity contribution in [1.29, 1.82) is 0 Å². The Morgan fingerprint density at radius 1 is 1.25 bits per heavy atom. The topological polar surface area (TPSA) is 63.4 Å². The van der Waals surface area contributed by atoms with Crippen LogP contribution in [-0.4, -0.2) is 37.7 Å². The van der Waals surface area contributed by atoms with E-state index in [2.05, 4.69) is 11.8 Å². The number of fused-ring (bicyclic) bond motifs is 1. The molecule has 3 atom stereocenters. The van der Waals surface area contributed by atoms with Gasteiger partial charge in [0.2, 0.25) is 10.0 Å². The van der Waals surface area contributed by atoms with Gasteiger partial charge in [-0.25, -0.2) is 13.6 Å². The Kier molecular flexibility index (Phi) is 3.56. The minimum absolute atomic E-state index is 0.183. The van der Waals surface area contributed by atoms with E-state index in [0.717, 1.165) is 25.9 Å². The molecule has 1 saturated heterocycles. The summed E-state index contributed by atoms with van der Waals surface area (Å²) in [4.78, 5) is 2.32. The fraction of sp³-hybridized carbons (Fsp3) is 1.00. The van der Waals surface area contributed by atoms with Gasteiger partial charge in [-0.05, 0) is 44.7 Å². The van der Waals surface area contributed by atoms with Gasteiger partial charge in [-0.3, -0.25) is 4.90 Å². The van der Waals surface area contributed by atoms with Crippen LogP contribution >= 0.6 is 0 Å². The van der Waals surface area contributed by atoms with Crippen molar-refractivity contribution in [2.75, 3.05) is 13.1 Å². The lowest BCUT2D eigenvalue weighted by Gasteiger charge is -2.47. The van der Waals surface area contributed by atoms with Crippen LogP contribution in [0.1, 0.15) is 39.0 Å². The fourth-order valence-electron chi connectivity index (χ4n) is 3.51. The summed E-state index contributed by atoms with van der Waals surface area (Å²) in [6.45, 7) is 4.08. The first-order valence-electron chi connectivity index (χ1n) is 6.29. The maximum absolute atomic E-state index is 11.7. The van der Waals surface area contributed by atoms with Crippen molar-refractivity contribution in [3.63, 3.8) is 0 Å². The zero-order valence-electron chi connectivity index (χ0n) is 9.93. The predicted molar refractivity (Wildman–Crippen MR) is 64.5 cm³/mol. The van der Waals surface area contributed by atoms with E-state index in [9.17, 15) is 8.42 Å². The average molecular weight is 246 g/mol. The molecule has 3 unspecified atom stereocenters. The molecule has 0 aromatic rings. The van der Waals surface area contributed by atoms with Gasteiger partial charge in [0, 0.05) is 6.04 Å². The quantitative estimate of drug-likeness (QED) is 0.788. The second-order valence-corrected chi connectivity index (χ2v) is 6.86. The lowest BCUT2D eigenvalue weighted by molar-refractivity contribution is 0.0683. The van der Waals surface area contributed by atoms with E-state index >= 15 is 0 Å². The number of likely N-dealkylation sites (tertiary alicyclic amines) is 1. The van der Waals surface area contributed by atoms with Crippen LogP contribution < -0.4 is 5.14 Å². The van der Waals surface area contributed by atoms with Gasteiger partial charge in [0.1, 0.15) is 0 Å². The second kappa shape index (κ2) is 4.63. The molecule has 1 aliphatic heterocycles. The summed E-state index contributed by atoms with van der Waals surface area (Å²) in [5, 5.41) is 5.05. The molecule has 0 radical (unpaired) electrons. The number of nitrogens with two attached hydrogens (primary N) is 1. The number of piperidine rings is 1. The molecule has 2 aliphatic rings. The molecule has 5 heteroatoms. The number of rotatable bonds is 2. The molecule has 0 spiro atoms. The third-order valence-electron chi connectivity index (χ3n) is 4.20. The van der Waals surface area contributed by atoms with E-state index in [0.29, 0.717) is 5.92 Å². The van der Waals surface area contributed by atoms with Crippen LogP contribution in [0, 0.1) is 5.92 Å². The lowest BCUT2D eigenvalue weighted by atomic mass is 9.78. The molecular weight excluding hydrogens is 224 g/mol. The zero-order valence-corrected chi connectivity index (χ0v) is 10.7. The Bertz CT molecular complexity index is 333. The van der Waals surface area contributed by atoms with Crippen LogP contribution in [0.25, 0.3) is 0 Å². The summed E-state index contributed by atoms with van der Waals surface area (Å²) in [5.41, 5.74) is 0. The monoisotopic (exact) mass is 246 g/mol. The molecule has 16 heavy (non-hydrogen) atoms. The van der Waals surface area contributed by atoms with Crippen molar-refractivity contribution in [2.45, 2.75) is 50.3 Å². The molecule has 4 nitrogen and oxygen atoms in total. The maximum Gasteiger partial charge on any atom is 0.213 e. The molecule has 2 fully saturated rings. The summed E-state index contributed by atoms with van der Waals surface area (Å²) in [5.74, 6) is 0.547. The standard InChI is InChI=1S/C11H22N2O2S/c1-2-13-8-4-6-9-5-3-7-10(11(9)13)16(12,14)15/h9-11H,2-8H2,1H3,(H2,12,14,15). The highest BCUT2D eigenvalue weighted by atomic mass is 32.2. The van der Waals surface area contributed by atoms with Crippen molar-refractivity contribution in [3.05, 3.63) is 0 Å². The highest BCUT2D eigenvalue weighted by Crippen LogP contribution is 2.37. The van der Waals surface area contributed by atoms with Crippen LogP contribution in [0.15, 0.2) is 0 Å². The molecule has 1 heterocycles.